The summed E-state index contributed by atoms with van der Waals surface area (Å²) >= 11 is 5.81. The van der Waals surface area contributed by atoms with E-state index in [-0.39, 0.29) is 5.60 Å². The third-order valence-corrected chi connectivity index (χ3v) is 2.91. The van der Waals surface area contributed by atoms with Gasteiger partial charge in [0.05, 0.1) is 0 Å². The number of hydrogen-bond donors (Lipinski definition) is 1. The van der Waals surface area contributed by atoms with Gasteiger partial charge in [0.1, 0.15) is 11.4 Å². The van der Waals surface area contributed by atoms with Gasteiger partial charge in [-0.3, -0.25) is 0 Å². The van der Waals surface area contributed by atoms with Crippen molar-refractivity contribution in [2.75, 3.05) is 13.1 Å². The highest BCUT2D eigenvalue weighted by Crippen LogP contribution is 2.25. The topological polar surface area (TPSA) is 21.3 Å². The van der Waals surface area contributed by atoms with E-state index in [0.29, 0.717) is 0 Å². The molecule has 1 saturated heterocycles. The number of nitrogens with one attached hydrogen (secondary N) is 1. The summed E-state index contributed by atoms with van der Waals surface area (Å²) in [6.07, 6.45) is 2.83. The molecule has 15 heavy (non-hydrogen) atoms. The lowest BCUT2D eigenvalue weighted by Gasteiger charge is -2.25. The zero-order chi connectivity index (χ0) is 10.7. The zero-order valence-corrected chi connectivity index (χ0v) is 9.26. The summed E-state index contributed by atoms with van der Waals surface area (Å²) in [6, 6.07) is 7.42. The number of benzene rings is 1. The monoisotopic (exact) mass is 223 g/mol. The Morgan fingerprint density at radius 2 is 2.13 bits per heavy atom. The van der Waals surface area contributed by atoms with E-state index in [4.69, 9.17) is 16.3 Å². The Hall–Kier alpha value is -0.990. The minimum absolute atomic E-state index is 0.256. The molecule has 0 spiro atoms. The first-order chi connectivity index (χ1) is 7.24. The van der Waals surface area contributed by atoms with Gasteiger partial charge >= 0.3 is 0 Å². The lowest BCUT2D eigenvalue weighted by Crippen LogP contribution is -2.35. The van der Waals surface area contributed by atoms with Crippen molar-refractivity contribution >= 4 is 11.6 Å². The van der Waals surface area contributed by atoms with E-state index in [1.54, 1.807) is 0 Å². The van der Waals surface area contributed by atoms with Gasteiger partial charge in [-0.1, -0.05) is 18.2 Å². The Labute approximate surface area is 94.9 Å². The molecule has 0 aliphatic carbocycles. The van der Waals surface area contributed by atoms with Crippen LogP contribution in [0.15, 0.2) is 36.9 Å². The van der Waals surface area contributed by atoms with Crippen LogP contribution in [0, 0.1) is 0 Å². The SMILES string of the molecule is C=CC1(Oc2ccc(Cl)cc2)CCNC1. The quantitative estimate of drug-likeness (QED) is 0.796. The first-order valence-corrected chi connectivity index (χ1v) is 5.41. The predicted octanol–water partition coefficient (Wildman–Crippen LogP) is 2.64. The smallest absolute Gasteiger partial charge is 0.140 e. The molecule has 3 heteroatoms. The van der Waals surface area contributed by atoms with Gasteiger partial charge in [0.25, 0.3) is 0 Å². The van der Waals surface area contributed by atoms with Crippen molar-refractivity contribution in [3.05, 3.63) is 41.9 Å². The Morgan fingerprint density at radius 1 is 1.40 bits per heavy atom. The van der Waals surface area contributed by atoms with Crippen molar-refractivity contribution in [1.29, 1.82) is 0 Å². The molecule has 0 bridgehead atoms. The largest absolute Gasteiger partial charge is 0.482 e. The van der Waals surface area contributed by atoms with Crippen LogP contribution in [0.3, 0.4) is 0 Å². The fraction of sp³-hybridized carbons (Fsp3) is 0.333. The Kier molecular flexibility index (Phi) is 2.98. The van der Waals surface area contributed by atoms with E-state index in [9.17, 15) is 0 Å². The van der Waals surface area contributed by atoms with Gasteiger partial charge in [0.15, 0.2) is 0 Å². The molecular formula is C12H14ClNO. The van der Waals surface area contributed by atoms with E-state index in [1.807, 2.05) is 30.3 Å². The molecule has 2 rings (SSSR count). The van der Waals surface area contributed by atoms with Crippen molar-refractivity contribution < 1.29 is 4.74 Å². The average Bonchev–Trinajstić information content (AvgIpc) is 2.71. The van der Waals surface area contributed by atoms with Gasteiger partial charge in [0.2, 0.25) is 0 Å². The number of rotatable bonds is 3. The van der Waals surface area contributed by atoms with Gasteiger partial charge < -0.3 is 10.1 Å². The third kappa shape index (κ3) is 2.33. The lowest BCUT2D eigenvalue weighted by molar-refractivity contribution is 0.142. The predicted molar refractivity (Wildman–Crippen MR) is 62.5 cm³/mol. The van der Waals surface area contributed by atoms with Crippen molar-refractivity contribution in [2.45, 2.75) is 12.0 Å². The van der Waals surface area contributed by atoms with Crippen LogP contribution in [0.5, 0.6) is 5.75 Å². The van der Waals surface area contributed by atoms with E-state index in [1.165, 1.54) is 0 Å². The fourth-order valence-electron chi connectivity index (χ4n) is 1.73. The van der Waals surface area contributed by atoms with Crippen molar-refractivity contribution in [1.82, 2.24) is 5.32 Å². The summed E-state index contributed by atoms with van der Waals surface area (Å²) in [5.41, 5.74) is -0.256. The zero-order valence-electron chi connectivity index (χ0n) is 8.50. The molecule has 1 aliphatic heterocycles. The maximum Gasteiger partial charge on any atom is 0.140 e. The van der Waals surface area contributed by atoms with Gasteiger partial charge in [-0.2, -0.15) is 0 Å². The molecule has 80 valence electrons. The highest BCUT2D eigenvalue weighted by atomic mass is 35.5. The molecule has 1 atom stereocenters. The first kappa shape index (κ1) is 10.5. The molecule has 2 nitrogen and oxygen atoms in total. The van der Waals surface area contributed by atoms with Crippen LogP contribution in [0.2, 0.25) is 5.02 Å². The van der Waals surface area contributed by atoms with Crippen molar-refractivity contribution in [3.8, 4) is 5.75 Å². The molecule has 1 N–H and O–H groups in total. The molecule has 1 aromatic rings. The van der Waals surface area contributed by atoms with E-state index in [0.717, 1.165) is 30.3 Å². The summed E-state index contributed by atoms with van der Waals surface area (Å²) in [5.74, 6) is 0.836. The van der Waals surface area contributed by atoms with Crippen LogP contribution in [0.4, 0.5) is 0 Å². The summed E-state index contributed by atoms with van der Waals surface area (Å²) in [6.45, 7) is 5.63. The minimum Gasteiger partial charge on any atom is -0.482 e. The number of hydrogen-bond acceptors (Lipinski definition) is 2. The molecule has 1 heterocycles. The second-order valence-corrected chi connectivity index (χ2v) is 4.19. The van der Waals surface area contributed by atoms with Crippen molar-refractivity contribution in [3.63, 3.8) is 0 Å². The number of halogens is 1. The molecule has 0 radical (unpaired) electrons. The fourth-order valence-corrected chi connectivity index (χ4v) is 1.85. The van der Waals surface area contributed by atoms with Gasteiger partial charge in [-0.05, 0) is 36.9 Å². The molecule has 1 unspecified atom stereocenters. The summed E-state index contributed by atoms with van der Waals surface area (Å²) in [5, 5.41) is 4.00. The lowest BCUT2D eigenvalue weighted by atomic mass is 10.0. The highest BCUT2D eigenvalue weighted by molar-refractivity contribution is 6.30. The maximum absolute atomic E-state index is 5.93. The van der Waals surface area contributed by atoms with E-state index >= 15 is 0 Å². The van der Waals surface area contributed by atoms with Crippen LogP contribution in [-0.2, 0) is 0 Å². The third-order valence-electron chi connectivity index (χ3n) is 2.66. The van der Waals surface area contributed by atoms with Gasteiger partial charge in [-0.15, -0.1) is 0 Å². The van der Waals surface area contributed by atoms with Gasteiger partial charge in [-0.25, -0.2) is 0 Å². The Morgan fingerprint density at radius 3 is 2.67 bits per heavy atom. The van der Waals surface area contributed by atoms with Crippen LogP contribution >= 0.6 is 11.6 Å². The van der Waals surface area contributed by atoms with Crippen LogP contribution in [0.25, 0.3) is 0 Å². The number of ether oxygens (including phenoxy) is 1. The van der Waals surface area contributed by atoms with Crippen LogP contribution in [0.1, 0.15) is 6.42 Å². The second-order valence-electron chi connectivity index (χ2n) is 3.75. The molecule has 0 saturated carbocycles. The van der Waals surface area contributed by atoms with Crippen LogP contribution in [-0.4, -0.2) is 18.7 Å². The summed E-state index contributed by atoms with van der Waals surface area (Å²) < 4.78 is 5.93. The molecule has 1 aliphatic rings. The molecule has 1 fully saturated rings. The first-order valence-electron chi connectivity index (χ1n) is 5.03. The maximum atomic E-state index is 5.93. The normalized spacial score (nSPS) is 25.1. The molecule has 1 aromatic carbocycles. The summed E-state index contributed by atoms with van der Waals surface area (Å²) in [4.78, 5) is 0. The Bertz CT molecular complexity index is 341. The summed E-state index contributed by atoms with van der Waals surface area (Å²) in [7, 11) is 0. The average molecular weight is 224 g/mol. The Balaban J connectivity index is 2.12. The molecular weight excluding hydrogens is 210 g/mol. The minimum atomic E-state index is -0.256. The van der Waals surface area contributed by atoms with E-state index in [2.05, 4.69) is 11.9 Å². The molecule has 0 aromatic heterocycles. The van der Waals surface area contributed by atoms with Gasteiger partial charge in [0, 0.05) is 18.0 Å². The highest BCUT2D eigenvalue weighted by Gasteiger charge is 2.32. The van der Waals surface area contributed by atoms with E-state index < -0.39 is 0 Å². The second kappa shape index (κ2) is 4.25. The van der Waals surface area contributed by atoms with Crippen LogP contribution < -0.4 is 10.1 Å². The standard InChI is InChI=1S/C12H14ClNO/c1-2-12(7-8-14-9-12)15-11-5-3-10(13)4-6-11/h2-6,14H,1,7-9H2. The molecule has 0 amide bonds. The van der Waals surface area contributed by atoms with Crippen molar-refractivity contribution in [2.24, 2.45) is 0 Å².